The van der Waals surface area contributed by atoms with Crippen molar-refractivity contribution in [3.63, 3.8) is 0 Å². The fraction of sp³-hybridized carbons (Fsp3) is 0.381. The van der Waals surface area contributed by atoms with Crippen molar-refractivity contribution in [1.82, 2.24) is 19.1 Å². The Bertz CT molecular complexity index is 1270. The molecule has 0 aliphatic rings. The topological polar surface area (TPSA) is 108 Å². The first-order valence-corrected chi connectivity index (χ1v) is 10.6. The smallest absolute Gasteiger partial charge is 0.332 e. The first-order chi connectivity index (χ1) is 14.5. The van der Waals surface area contributed by atoms with E-state index >= 15 is 0 Å². The van der Waals surface area contributed by atoms with Crippen LogP contribution in [-0.4, -0.2) is 37.9 Å². The maximum atomic E-state index is 12.8. The number of fused-ring (bicyclic) bond motifs is 1. The van der Waals surface area contributed by atoms with E-state index in [4.69, 9.17) is 4.74 Å². The number of anilines is 1. The van der Waals surface area contributed by atoms with Gasteiger partial charge in [-0.1, -0.05) is 44.7 Å². The molecule has 2 heterocycles. The second-order valence-corrected chi connectivity index (χ2v) is 9.01. The van der Waals surface area contributed by atoms with Crippen LogP contribution >= 0.6 is 11.8 Å². The highest BCUT2D eigenvalue weighted by Crippen LogP contribution is 2.28. The third-order valence-corrected chi connectivity index (χ3v) is 5.63. The van der Waals surface area contributed by atoms with Crippen molar-refractivity contribution in [2.45, 2.75) is 31.2 Å². The Morgan fingerprint density at radius 1 is 1.13 bits per heavy atom. The third-order valence-electron chi connectivity index (χ3n) is 4.66. The Morgan fingerprint density at radius 3 is 2.45 bits per heavy atom. The lowest BCUT2D eigenvalue weighted by Gasteiger charge is -2.19. The molecule has 1 N–H and O–H groups in total. The van der Waals surface area contributed by atoms with Gasteiger partial charge in [-0.3, -0.25) is 18.7 Å². The van der Waals surface area contributed by atoms with E-state index in [1.807, 2.05) is 26.8 Å². The number of aromatic nitrogens is 4. The molecule has 1 aromatic carbocycles. The molecule has 1 amide bonds. The standard InChI is InChI=1S/C21H25N5O4S/c1-21(2,3)19-23-16-15(18(28)26(5)20(29)25(16)4)17(24-19)31-11-14(27)22-12-9-7-8-10-13(12)30-6/h7-10H,11H2,1-6H3,(H,22,27). The highest BCUT2D eigenvalue weighted by atomic mass is 32.2. The average Bonchev–Trinajstić information content (AvgIpc) is 2.73. The minimum Gasteiger partial charge on any atom is -0.495 e. The van der Waals surface area contributed by atoms with Crippen LogP contribution in [0.2, 0.25) is 0 Å². The molecule has 0 aliphatic heterocycles. The summed E-state index contributed by atoms with van der Waals surface area (Å²) < 4.78 is 7.60. The predicted molar refractivity (Wildman–Crippen MR) is 121 cm³/mol. The van der Waals surface area contributed by atoms with E-state index in [9.17, 15) is 14.4 Å². The molecule has 0 saturated carbocycles. The molecule has 164 valence electrons. The summed E-state index contributed by atoms with van der Waals surface area (Å²) >= 11 is 1.13. The molecule has 31 heavy (non-hydrogen) atoms. The first kappa shape index (κ1) is 22.5. The molecule has 0 atom stereocenters. The Kier molecular flexibility index (Phi) is 6.21. The largest absolute Gasteiger partial charge is 0.495 e. The van der Waals surface area contributed by atoms with Crippen molar-refractivity contribution >= 4 is 34.4 Å². The predicted octanol–water partition coefficient (Wildman–Crippen LogP) is 2.06. The van der Waals surface area contributed by atoms with Gasteiger partial charge in [0.25, 0.3) is 5.56 Å². The lowest BCUT2D eigenvalue weighted by atomic mass is 9.96. The molecular weight excluding hydrogens is 418 g/mol. The number of methoxy groups -OCH3 is 1. The molecule has 3 rings (SSSR count). The minimum absolute atomic E-state index is 0.0136. The summed E-state index contributed by atoms with van der Waals surface area (Å²) in [6.07, 6.45) is 0. The number of carbonyl (C=O) groups is 1. The van der Waals surface area contributed by atoms with Gasteiger partial charge in [-0.05, 0) is 12.1 Å². The number of carbonyl (C=O) groups excluding carboxylic acids is 1. The van der Waals surface area contributed by atoms with E-state index in [0.717, 1.165) is 16.3 Å². The molecule has 0 bridgehead atoms. The number of rotatable bonds is 5. The van der Waals surface area contributed by atoms with Crippen LogP contribution in [0.4, 0.5) is 5.69 Å². The number of hydrogen-bond acceptors (Lipinski definition) is 7. The van der Waals surface area contributed by atoms with Gasteiger partial charge in [-0.2, -0.15) is 0 Å². The zero-order chi connectivity index (χ0) is 22.9. The van der Waals surface area contributed by atoms with Crippen LogP contribution in [0, 0.1) is 0 Å². The number of benzene rings is 1. The fourth-order valence-corrected chi connectivity index (χ4v) is 3.75. The molecule has 9 nitrogen and oxygen atoms in total. The molecule has 0 fully saturated rings. The van der Waals surface area contributed by atoms with E-state index < -0.39 is 16.7 Å². The lowest BCUT2D eigenvalue weighted by molar-refractivity contribution is -0.113. The average molecular weight is 444 g/mol. The van der Waals surface area contributed by atoms with Gasteiger partial charge in [0.15, 0.2) is 5.65 Å². The second-order valence-electron chi connectivity index (χ2n) is 8.04. The SMILES string of the molecule is COc1ccccc1NC(=O)CSc1nc(C(C)(C)C)nc2c1c(=O)n(C)c(=O)n2C. The highest BCUT2D eigenvalue weighted by Gasteiger charge is 2.24. The Hall–Kier alpha value is -3.14. The second kappa shape index (κ2) is 8.54. The molecule has 0 spiro atoms. The third kappa shape index (κ3) is 4.48. The van der Waals surface area contributed by atoms with Crippen molar-refractivity contribution in [2.75, 3.05) is 18.2 Å². The van der Waals surface area contributed by atoms with Crippen LogP contribution < -0.4 is 21.3 Å². The van der Waals surface area contributed by atoms with Gasteiger partial charge in [0.05, 0.1) is 18.6 Å². The summed E-state index contributed by atoms with van der Waals surface area (Å²) in [5.74, 6) is 0.767. The van der Waals surface area contributed by atoms with Gasteiger partial charge >= 0.3 is 5.69 Å². The molecule has 3 aromatic rings. The van der Waals surface area contributed by atoms with E-state index in [1.54, 1.807) is 25.2 Å². The number of ether oxygens (including phenoxy) is 1. The number of thioether (sulfide) groups is 1. The van der Waals surface area contributed by atoms with Crippen LogP contribution in [0.1, 0.15) is 26.6 Å². The number of para-hydroxylation sites is 2. The van der Waals surface area contributed by atoms with Crippen molar-refractivity contribution in [3.8, 4) is 5.75 Å². The first-order valence-electron chi connectivity index (χ1n) is 9.58. The van der Waals surface area contributed by atoms with Gasteiger partial charge < -0.3 is 10.1 Å². The summed E-state index contributed by atoms with van der Waals surface area (Å²) in [6, 6.07) is 7.10. The van der Waals surface area contributed by atoms with Gasteiger partial charge in [0, 0.05) is 19.5 Å². The van der Waals surface area contributed by atoms with Gasteiger partial charge in [-0.15, -0.1) is 0 Å². The maximum Gasteiger partial charge on any atom is 0.332 e. The summed E-state index contributed by atoms with van der Waals surface area (Å²) in [7, 11) is 4.50. The zero-order valence-electron chi connectivity index (χ0n) is 18.3. The van der Waals surface area contributed by atoms with E-state index in [2.05, 4.69) is 15.3 Å². The summed E-state index contributed by atoms with van der Waals surface area (Å²) in [4.78, 5) is 46.9. The molecule has 2 aromatic heterocycles. The number of nitrogens with one attached hydrogen (secondary N) is 1. The molecular formula is C21H25N5O4S. The normalized spacial score (nSPS) is 11.5. The summed E-state index contributed by atoms with van der Waals surface area (Å²) in [6.45, 7) is 5.82. The molecule has 0 saturated heterocycles. The van der Waals surface area contributed by atoms with Crippen LogP contribution in [0.5, 0.6) is 5.75 Å². The number of hydrogen-bond donors (Lipinski definition) is 1. The summed E-state index contributed by atoms with van der Waals surface area (Å²) in [5.41, 5.74) is -0.579. The maximum absolute atomic E-state index is 12.8. The molecule has 10 heteroatoms. The zero-order valence-corrected chi connectivity index (χ0v) is 19.2. The van der Waals surface area contributed by atoms with Crippen LogP contribution in [0.25, 0.3) is 11.0 Å². The molecule has 0 radical (unpaired) electrons. The van der Waals surface area contributed by atoms with Gasteiger partial charge in [0.2, 0.25) is 5.91 Å². The van der Waals surface area contributed by atoms with E-state index in [-0.39, 0.29) is 22.7 Å². The highest BCUT2D eigenvalue weighted by molar-refractivity contribution is 8.00. The molecule has 0 unspecified atom stereocenters. The van der Waals surface area contributed by atoms with Crippen molar-refractivity contribution < 1.29 is 9.53 Å². The van der Waals surface area contributed by atoms with Crippen LogP contribution in [0.15, 0.2) is 38.9 Å². The number of aryl methyl sites for hydroxylation is 1. The Labute approximate surface area is 183 Å². The summed E-state index contributed by atoms with van der Waals surface area (Å²) in [5, 5.41) is 3.38. The van der Waals surface area contributed by atoms with Crippen molar-refractivity contribution in [3.05, 3.63) is 50.9 Å². The van der Waals surface area contributed by atoms with Gasteiger partial charge in [0.1, 0.15) is 22.0 Å². The Morgan fingerprint density at radius 2 is 1.81 bits per heavy atom. The van der Waals surface area contributed by atoms with E-state index in [1.165, 1.54) is 18.7 Å². The quantitative estimate of drug-likeness (QED) is 0.475. The van der Waals surface area contributed by atoms with Crippen LogP contribution in [-0.2, 0) is 24.3 Å². The number of amides is 1. The van der Waals surface area contributed by atoms with Crippen molar-refractivity contribution in [2.24, 2.45) is 14.1 Å². The van der Waals surface area contributed by atoms with Crippen molar-refractivity contribution in [1.29, 1.82) is 0 Å². The van der Waals surface area contributed by atoms with Gasteiger partial charge in [-0.25, -0.2) is 14.8 Å². The molecule has 0 aliphatic carbocycles. The minimum atomic E-state index is -0.494. The number of nitrogens with zero attached hydrogens (tertiary/aromatic N) is 4. The lowest BCUT2D eigenvalue weighted by Crippen LogP contribution is -2.38. The van der Waals surface area contributed by atoms with E-state index in [0.29, 0.717) is 22.3 Å². The monoisotopic (exact) mass is 443 g/mol. The fourth-order valence-electron chi connectivity index (χ4n) is 2.94. The Balaban J connectivity index is 2.02. The van der Waals surface area contributed by atoms with Crippen LogP contribution in [0.3, 0.4) is 0 Å².